The highest BCUT2D eigenvalue weighted by molar-refractivity contribution is 5.85. The minimum absolute atomic E-state index is 0. The Hall–Kier alpha value is -1.47. The van der Waals surface area contributed by atoms with E-state index in [-0.39, 0.29) is 44.4 Å². The highest BCUT2D eigenvalue weighted by atomic mass is 35.5. The number of hydrogen-bond donors (Lipinski definition) is 2. The number of nitrogens with two attached hydrogens (primary N) is 1. The summed E-state index contributed by atoms with van der Waals surface area (Å²) in [5, 5.41) is 2.57. The first-order valence-corrected chi connectivity index (χ1v) is 5.70. The van der Waals surface area contributed by atoms with Crippen LogP contribution in [0.1, 0.15) is 12.0 Å². The zero-order valence-electron chi connectivity index (χ0n) is 10.6. The summed E-state index contributed by atoms with van der Waals surface area (Å²) < 4.78 is 42.1. The molecule has 1 rings (SSSR count). The van der Waals surface area contributed by atoms with Gasteiger partial charge < -0.3 is 15.8 Å². The first-order valence-electron chi connectivity index (χ1n) is 5.70. The Balaban J connectivity index is 0.00000361. The lowest BCUT2D eigenvalue weighted by atomic mass is 10.2. The number of ether oxygens (including phenoxy) is 1. The highest BCUT2D eigenvalue weighted by Gasteiger charge is 2.29. The summed E-state index contributed by atoms with van der Waals surface area (Å²) in [4.78, 5) is 11.0. The number of benzene rings is 1. The number of rotatable bonds is 6. The summed E-state index contributed by atoms with van der Waals surface area (Å²) in [7, 11) is 0. The molecule has 0 bridgehead atoms. The second-order valence-electron chi connectivity index (χ2n) is 3.76. The molecule has 0 atom stereocenters. The van der Waals surface area contributed by atoms with Gasteiger partial charge in [-0.05, 0) is 24.3 Å². The smallest absolute Gasteiger partial charge is 0.416 e. The van der Waals surface area contributed by atoms with Gasteiger partial charge in [0.05, 0.1) is 12.1 Å². The fourth-order valence-corrected chi connectivity index (χ4v) is 1.32. The van der Waals surface area contributed by atoms with E-state index in [1.165, 1.54) is 12.1 Å². The lowest BCUT2D eigenvalue weighted by Gasteiger charge is -2.09. The van der Waals surface area contributed by atoms with Gasteiger partial charge in [0.15, 0.2) is 0 Å². The molecule has 0 fully saturated rings. The van der Waals surface area contributed by atoms with Crippen molar-refractivity contribution in [1.82, 2.24) is 5.32 Å². The SMILES string of the molecule is Cl.NCCC(=O)NCCOc1ccc(C(F)(F)F)cc1. The standard InChI is InChI=1S/C12H15F3N2O2.ClH/c13-12(14,15)9-1-3-10(4-2-9)19-8-7-17-11(18)5-6-16;/h1-4H,5-8,16H2,(H,17,18);1H. The Bertz CT molecular complexity index is 410. The van der Waals surface area contributed by atoms with E-state index in [0.717, 1.165) is 12.1 Å². The van der Waals surface area contributed by atoms with E-state index in [9.17, 15) is 18.0 Å². The Morgan fingerprint density at radius 1 is 1.25 bits per heavy atom. The maximum atomic E-state index is 12.3. The van der Waals surface area contributed by atoms with Crippen LogP contribution in [0, 0.1) is 0 Å². The normalized spacial score (nSPS) is 10.6. The van der Waals surface area contributed by atoms with Crippen LogP contribution >= 0.6 is 12.4 Å². The average Bonchev–Trinajstić information content (AvgIpc) is 2.34. The van der Waals surface area contributed by atoms with Crippen LogP contribution in [0.3, 0.4) is 0 Å². The van der Waals surface area contributed by atoms with Gasteiger partial charge in [-0.3, -0.25) is 4.79 Å². The van der Waals surface area contributed by atoms with E-state index in [1.54, 1.807) is 0 Å². The van der Waals surface area contributed by atoms with E-state index in [4.69, 9.17) is 10.5 Å². The number of alkyl halides is 3. The molecule has 0 unspecified atom stereocenters. The molecule has 114 valence electrons. The molecule has 0 aliphatic heterocycles. The summed E-state index contributed by atoms with van der Waals surface area (Å²) >= 11 is 0. The maximum absolute atomic E-state index is 12.3. The molecular weight excluding hydrogens is 297 g/mol. The Morgan fingerprint density at radius 3 is 2.35 bits per heavy atom. The van der Waals surface area contributed by atoms with Gasteiger partial charge in [-0.15, -0.1) is 12.4 Å². The molecule has 3 N–H and O–H groups in total. The van der Waals surface area contributed by atoms with Crippen LogP contribution in [0.15, 0.2) is 24.3 Å². The predicted molar refractivity (Wildman–Crippen MR) is 70.9 cm³/mol. The number of carbonyl (C=O) groups is 1. The second kappa shape index (κ2) is 8.65. The van der Waals surface area contributed by atoms with Gasteiger partial charge in [0.25, 0.3) is 0 Å². The second-order valence-corrected chi connectivity index (χ2v) is 3.76. The number of halogens is 4. The van der Waals surface area contributed by atoms with Gasteiger partial charge in [-0.2, -0.15) is 13.2 Å². The van der Waals surface area contributed by atoms with Crippen molar-refractivity contribution in [2.24, 2.45) is 5.73 Å². The minimum Gasteiger partial charge on any atom is -0.492 e. The molecule has 8 heteroatoms. The van der Waals surface area contributed by atoms with Crippen LogP contribution in [0.5, 0.6) is 5.75 Å². The summed E-state index contributed by atoms with van der Waals surface area (Å²) in [6, 6.07) is 4.37. The van der Waals surface area contributed by atoms with Crippen LogP contribution in [0.2, 0.25) is 0 Å². The van der Waals surface area contributed by atoms with Gasteiger partial charge in [0, 0.05) is 13.0 Å². The molecule has 4 nitrogen and oxygen atoms in total. The lowest BCUT2D eigenvalue weighted by molar-refractivity contribution is -0.137. The van der Waals surface area contributed by atoms with Gasteiger partial charge in [0.2, 0.25) is 5.91 Å². The Labute approximate surface area is 120 Å². The molecule has 1 amide bonds. The van der Waals surface area contributed by atoms with E-state index in [2.05, 4.69) is 5.32 Å². The van der Waals surface area contributed by atoms with Crippen molar-refractivity contribution in [3.8, 4) is 5.75 Å². The first kappa shape index (κ1) is 18.5. The molecule has 20 heavy (non-hydrogen) atoms. The maximum Gasteiger partial charge on any atom is 0.416 e. The third-order valence-corrected chi connectivity index (χ3v) is 2.25. The van der Waals surface area contributed by atoms with Crippen molar-refractivity contribution < 1.29 is 22.7 Å². The van der Waals surface area contributed by atoms with Crippen molar-refractivity contribution >= 4 is 18.3 Å². The third kappa shape index (κ3) is 6.63. The fourth-order valence-electron chi connectivity index (χ4n) is 1.32. The van der Waals surface area contributed by atoms with Crippen molar-refractivity contribution in [3.63, 3.8) is 0 Å². The van der Waals surface area contributed by atoms with Gasteiger partial charge in [0.1, 0.15) is 12.4 Å². The van der Waals surface area contributed by atoms with Gasteiger partial charge in [-0.1, -0.05) is 0 Å². The monoisotopic (exact) mass is 312 g/mol. The van der Waals surface area contributed by atoms with E-state index >= 15 is 0 Å². The largest absolute Gasteiger partial charge is 0.492 e. The summed E-state index contributed by atoms with van der Waals surface area (Å²) in [6.45, 7) is 0.729. The Kier molecular flexibility index (Phi) is 8.02. The molecule has 0 spiro atoms. The zero-order chi connectivity index (χ0) is 14.3. The molecule has 0 aromatic heterocycles. The minimum atomic E-state index is -4.35. The molecule has 0 heterocycles. The highest BCUT2D eigenvalue weighted by Crippen LogP contribution is 2.30. The molecule has 0 saturated heterocycles. The zero-order valence-corrected chi connectivity index (χ0v) is 11.4. The molecular formula is C12H16ClF3N2O2. The third-order valence-electron chi connectivity index (χ3n) is 2.25. The quantitative estimate of drug-likeness (QED) is 0.789. The van der Waals surface area contributed by atoms with Crippen LogP contribution in [-0.4, -0.2) is 25.6 Å². The molecule has 1 aromatic rings. The number of nitrogens with one attached hydrogen (secondary N) is 1. The van der Waals surface area contributed by atoms with Crippen molar-refractivity contribution in [2.75, 3.05) is 19.7 Å². The first-order chi connectivity index (χ1) is 8.93. The molecule has 0 aliphatic rings. The van der Waals surface area contributed by atoms with Crippen molar-refractivity contribution in [2.45, 2.75) is 12.6 Å². The van der Waals surface area contributed by atoms with Crippen molar-refractivity contribution in [3.05, 3.63) is 29.8 Å². The summed E-state index contributed by atoms with van der Waals surface area (Å²) in [6.07, 6.45) is -4.12. The topological polar surface area (TPSA) is 64.4 Å². The van der Waals surface area contributed by atoms with Crippen molar-refractivity contribution in [1.29, 1.82) is 0 Å². The van der Waals surface area contributed by atoms with Gasteiger partial charge >= 0.3 is 6.18 Å². The van der Waals surface area contributed by atoms with Gasteiger partial charge in [-0.25, -0.2) is 0 Å². The van der Waals surface area contributed by atoms with Crippen LogP contribution in [0.25, 0.3) is 0 Å². The summed E-state index contributed by atoms with van der Waals surface area (Å²) in [5.74, 6) is 0.139. The van der Waals surface area contributed by atoms with E-state index < -0.39 is 11.7 Å². The molecule has 1 aromatic carbocycles. The molecule has 0 radical (unpaired) electrons. The van der Waals surface area contributed by atoms with E-state index in [1.807, 2.05) is 0 Å². The number of carbonyl (C=O) groups excluding carboxylic acids is 1. The summed E-state index contributed by atoms with van der Waals surface area (Å²) in [5.41, 5.74) is 4.46. The fraction of sp³-hybridized carbons (Fsp3) is 0.417. The van der Waals surface area contributed by atoms with Crippen LogP contribution in [-0.2, 0) is 11.0 Å². The van der Waals surface area contributed by atoms with Crippen LogP contribution < -0.4 is 15.8 Å². The number of amides is 1. The number of hydrogen-bond acceptors (Lipinski definition) is 3. The predicted octanol–water partition coefficient (Wildman–Crippen LogP) is 1.97. The molecule has 0 aliphatic carbocycles. The Morgan fingerprint density at radius 2 is 1.85 bits per heavy atom. The van der Waals surface area contributed by atoms with E-state index in [0.29, 0.717) is 5.75 Å². The van der Waals surface area contributed by atoms with Crippen LogP contribution in [0.4, 0.5) is 13.2 Å². The molecule has 0 saturated carbocycles. The average molecular weight is 313 g/mol. The lowest BCUT2D eigenvalue weighted by Crippen LogP contribution is -2.29.